The topological polar surface area (TPSA) is 17.1 Å². The van der Waals surface area contributed by atoms with Gasteiger partial charge in [0.05, 0.1) is 0 Å². The van der Waals surface area contributed by atoms with Crippen molar-refractivity contribution in [2.45, 2.75) is 40.0 Å². The molecule has 13 heavy (non-hydrogen) atoms. The number of ketones is 1. The number of hydrogen-bond acceptors (Lipinski definition) is 1. The van der Waals surface area contributed by atoms with E-state index in [1.165, 1.54) is 0 Å². The zero-order valence-corrected chi connectivity index (χ0v) is 8.92. The molecular weight excluding hydrogens is 160 g/mol. The third-order valence-electron chi connectivity index (χ3n) is 2.99. The quantitative estimate of drug-likeness (QED) is 0.566. The third kappa shape index (κ3) is 2.68. The standard InChI is InChI=1S/C12H20O/c1-4-11-8-9(2)6-5-7-10(3)12(11)13/h5,7,9-11H,4,6,8H2,1-3H3/b7-5+. The number of Topliss-reactive ketones (excluding diaryl/α,β-unsaturated/α-hetero) is 1. The summed E-state index contributed by atoms with van der Waals surface area (Å²) in [5.41, 5.74) is 0. The molecule has 0 amide bonds. The zero-order valence-electron chi connectivity index (χ0n) is 8.92. The van der Waals surface area contributed by atoms with Crippen LogP contribution in [0.2, 0.25) is 0 Å². The van der Waals surface area contributed by atoms with Gasteiger partial charge in [0.1, 0.15) is 5.78 Å². The van der Waals surface area contributed by atoms with Crippen molar-refractivity contribution in [2.24, 2.45) is 17.8 Å². The number of hydrogen-bond donors (Lipinski definition) is 0. The molecule has 1 aliphatic carbocycles. The van der Waals surface area contributed by atoms with Crippen LogP contribution in [0.3, 0.4) is 0 Å². The van der Waals surface area contributed by atoms with Crippen LogP contribution >= 0.6 is 0 Å². The Labute approximate surface area is 81.2 Å². The largest absolute Gasteiger partial charge is 0.299 e. The van der Waals surface area contributed by atoms with E-state index >= 15 is 0 Å². The number of rotatable bonds is 1. The fourth-order valence-corrected chi connectivity index (χ4v) is 2.05. The van der Waals surface area contributed by atoms with E-state index in [1.807, 2.05) is 6.92 Å². The summed E-state index contributed by atoms with van der Waals surface area (Å²) in [4.78, 5) is 11.8. The molecule has 1 rings (SSSR count). The molecule has 0 fully saturated rings. The molecule has 0 saturated carbocycles. The summed E-state index contributed by atoms with van der Waals surface area (Å²) in [6, 6.07) is 0. The van der Waals surface area contributed by atoms with Gasteiger partial charge in [-0.2, -0.15) is 0 Å². The van der Waals surface area contributed by atoms with E-state index in [0.717, 1.165) is 19.3 Å². The first-order chi connectivity index (χ1) is 6.15. The second-order valence-corrected chi connectivity index (χ2v) is 4.30. The van der Waals surface area contributed by atoms with Gasteiger partial charge in [-0.05, 0) is 25.2 Å². The number of carbonyl (C=O) groups excluding carboxylic acids is 1. The molecule has 0 radical (unpaired) electrons. The predicted molar refractivity (Wildman–Crippen MR) is 55.5 cm³/mol. The van der Waals surface area contributed by atoms with Crippen molar-refractivity contribution in [3.8, 4) is 0 Å². The lowest BCUT2D eigenvalue weighted by atomic mass is 9.82. The SMILES string of the molecule is CCC1CC(C)C/C=C/C(C)C1=O. The third-order valence-corrected chi connectivity index (χ3v) is 2.99. The molecule has 1 aliphatic rings. The highest BCUT2D eigenvalue weighted by molar-refractivity contribution is 5.84. The normalized spacial score (nSPS) is 38.1. The average Bonchev–Trinajstić information content (AvgIpc) is 2.11. The van der Waals surface area contributed by atoms with Crippen LogP contribution in [0.15, 0.2) is 12.2 Å². The molecule has 0 spiro atoms. The molecule has 0 aromatic carbocycles. The molecule has 0 aromatic heterocycles. The van der Waals surface area contributed by atoms with Crippen LogP contribution in [0.1, 0.15) is 40.0 Å². The Bertz CT molecular complexity index is 205. The summed E-state index contributed by atoms with van der Waals surface area (Å²) in [6.07, 6.45) is 7.44. The van der Waals surface area contributed by atoms with E-state index in [2.05, 4.69) is 26.0 Å². The minimum absolute atomic E-state index is 0.137. The average molecular weight is 180 g/mol. The molecule has 0 N–H and O–H groups in total. The van der Waals surface area contributed by atoms with E-state index < -0.39 is 0 Å². The van der Waals surface area contributed by atoms with Gasteiger partial charge in [-0.15, -0.1) is 0 Å². The van der Waals surface area contributed by atoms with Crippen LogP contribution in [-0.4, -0.2) is 5.78 Å². The first kappa shape index (κ1) is 10.5. The second-order valence-electron chi connectivity index (χ2n) is 4.30. The van der Waals surface area contributed by atoms with Gasteiger partial charge in [-0.25, -0.2) is 0 Å². The van der Waals surface area contributed by atoms with Gasteiger partial charge in [-0.1, -0.05) is 32.9 Å². The first-order valence-corrected chi connectivity index (χ1v) is 5.35. The van der Waals surface area contributed by atoms with Crippen molar-refractivity contribution >= 4 is 5.78 Å². The van der Waals surface area contributed by atoms with E-state index in [-0.39, 0.29) is 5.92 Å². The Morgan fingerprint density at radius 3 is 2.77 bits per heavy atom. The Morgan fingerprint density at radius 2 is 2.15 bits per heavy atom. The first-order valence-electron chi connectivity index (χ1n) is 5.35. The highest BCUT2D eigenvalue weighted by atomic mass is 16.1. The number of allylic oxidation sites excluding steroid dienone is 2. The molecule has 0 saturated heterocycles. The smallest absolute Gasteiger partial charge is 0.142 e. The fraction of sp³-hybridized carbons (Fsp3) is 0.750. The lowest BCUT2D eigenvalue weighted by Gasteiger charge is -2.22. The molecule has 3 atom stereocenters. The Kier molecular flexibility index (Phi) is 3.71. The highest BCUT2D eigenvalue weighted by Gasteiger charge is 2.23. The molecule has 0 aromatic rings. The van der Waals surface area contributed by atoms with Gasteiger partial charge in [0, 0.05) is 11.8 Å². The van der Waals surface area contributed by atoms with E-state index in [0.29, 0.717) is 17.6 Å². The lowest BCUT2D eigenvalue weighted by molar-refractivity contribution is -0.125. The van der Waals surface area contributed by atoms with Crippen molar-refractivity contribution in [1.82, 2.24) is 0 Å². The summed E-state index contributed by atoms with van der Waals surface area (Å²) in [5, 5.41) is 0. The molecule has 74 valence electrons. The van der Waals surface area contributed by atoms with E-state index in [1.54, 1.807) is 0 Å². The Balaban J connectivity index is 2.74. The van der Waals surface area contributed by atoms with Crippen molar-refractivity contribution < 1.29 is 4.79 Å². The van der Waals surface area contributed by atoms with Crippen molar-refractivity contribution in [3.63, 3.8) is 0 Å². The summed E-state index contributed by atoms with van der Waals surface area (Å²) in [6.45, 7) is 6.36. The fourth-order valence-electron chi connectivity index (χ4n) is 2.05. The lowest BCUT2D eigenvalue weighted by Crippen LogP contribution is -2.23. The van der Waals surface area contributed by atoms with E-state index in [9.17, 15) is 4.79 Å². The van der Waals surface area contributed by atoms with Crippen molar-refractivity contribution in [2.75, 3.05) is 0 Å². The summed E-state index contributed by atoms with van der Waals surface area (Å²) < 4.78 is 0. The second kappa shape index (κ2) is 4.59. The van der Waals surface area contributed by atoms with E-state index in [4.69, 9.17) is 0 Å². The summed E-state index contributed by atoms with van der Waals surface area (Å²) in [5.74, 6) is 1.54. The zero-order chi connectivity index (χ0) is 9.84. The van der Waals surface area contributed by atoms with Crippen molar-refractivity contribution in [3.05, 3.63) is 12.2 Å². The van der Waals surface area contributed by atoms with Crippen LogP contribution < -0.4 is 0 Å². The Morgan fingerprint density at radius 1 is 1.46 bits per heavy atom. The molecule has 3 unspecified atom stereocenters. The van der Waals surface area contributed by atoms with Crippen LogP contribution in [0.4, 0.5) is 0 Å². The molecule has 1 nitrogen and oxygen atoms in total. The minimum Gasteiger partial charge on any atom is -0.299 e. The van der Waals surface area contributed by atoms with Gasteiger partial charge < -0.3 is 0 Å². The summed E-state index contributed by atoms with van der Waals surface area (Å²) in [7, 11) is 0. The van der Waals surface area contributed by atoms with Gasteiger partial charge in [0.25, 0.3) is 0 Å². The molecule has 0 aliphatic heterocycles. The predicted octanol–water partition coefficient (Wildman–Crippen LogP) is 3.20. The van der Waals surface area contributed by atoms with Gasteiger partial charge in [0.15, 0.2) is 0 Å². The van der Waals surface area contributed by atoms with Gasteiger partial charge >= 0.3 is 0 Å². The van der Waals surface area contributed by atoms with Crippen LogP contribution in [-0.2, 0) is 4.79 Å². The maximum Gasteiger partial charge on any atom is 0.142 e. The minimum atomic E-state index is 0.137. The maximum atomic E-state index is 11.8. The van der Waals surface area contributed by atoms with Crippen LogP contribution in [0.25, 0.3) is 0 Å². The molecule has 0 bridgehead atoms. The number of carbonyl (C=O) groups is 1. The molecule has 1 heteroatoms. The summed E-state index contributed by atoms with van der Waals surface area (Å²) >= 11 is 0. The van der Waals surface area contributed by atoms with Crippen LogP contribution in [0, 0.1) is 17.8 Å². The maximum absolute atomic E-state index is 11.8. The Hall–Kier alpha value is -0.590. The molecule has 0 heterocycles. The van der Waals surface area contributed by atoms with Crippen molar-refractivity contribution in [1.29, 1.82) is 0 Å². The van der Waals surface area contributed by atoms with Gasteiger partial charge in [0.2, 0.25) is 0 Å². The highest BCUT2D eigenvalue weighted by Crippen LogP contribution is 2.25. The monoisotopic (exact) mass is 180 g/mol. The van der Waals surface area contributed by atoms with Gasteiger partial charge in [-0.3, -0.25) is 4.79 Å². The molecular formula is C12H20O. The van der Waals surface area contributed by atoms with Crippen LogP contribution in [0.5, 0.6) is 0 Å².